The number of anilines is 1. The van der Waals surface area contributed by atoms with Gasteiger partial charge in [0.2, 0.25) is 0 Å². The average Bonchev–Trinajstić information content (AvgIpc) is 2.79. The molecular weight excluding hydrogens is 592 g/mol. The number of hydrogen-bond acceptors (Lipinski definition) is 4. The van der Waals surface area contributed by atoms with Crippen LogP contribution in [0.1, 0.15) is 31.9 Å². The van der Waals surface area contributed by atoms with Gasteiger partial charge in [0.25, 0.3) is 0 Å². The van der Waals surface area contributed by atoms with Crippen molar-refractivity contribution in [2.24, 2.45) is 0 Å². The van der Waals surface area contributed by atoms with E-state index in [0.29, 0.717) is 5.56 Å². The largest absolute Gasteiger partial charge is 0.487 e. The van der Waals surface area contributed by atoms with Crippen molar-refractivity contribution in [1.29, 1.82) is 0 Å². The molecule has 7 nitrogen and oxygen atoms in total. The zero-order chi connectivity index (χ0) is 28.9. The average molecular weight is 624 g/mol. The number of rotatable bonds is 10. The Morgan fingerprint density at radius 1 is 1.13 bits per heavy atom. The van der Waals surface area contributed by atoms with Gasteiger partial charge < -0.3 is 24.9 Å². The number of halogens is 5. The maximum Gasteiger partial charge on any atom is 0.471 e. The summed E-state index contributed by atoms with van der Waals surface area (Å²) < 4.78 is 66.6. The molecular formula is C25H31BrF4N2O5Si. The Morgan fingerprint density at radius 2 is 1.74 bits per heavy atom. The van der Waals surface area contributed by atoms with E-state index >= 15 is 4.39 Å². The number of hydrogen-bond donors (Lipinski definition) is 3. The Kier molecular flexibility index (Phi) is 10.4. The SMILES string of the molecule is CC(C)(C)[Si](C)(C)OCC(Cc1c(Br)cc(OCc2ccccc2)c(NC(=O)C(F)(F)F)c1F)NC(=O)O. The molecule has 1 atom stereocenters. The molecule has 2 amide bonds. The molecule has 13 heteroatoms. The standard InChI is InChI=1S/C25H31BrF4N2O5Si/c1-24(2,3)38(4,5)37-14-16(31-23(34)35)11-17-18(26)12-19(36-13-15-9-7-6-8-10-15)21(20(17)27)32-22(33)25(28,29)30/h6-10,12,16,31H,11,13-14H2,1-5H3,(H,32,33)(H,34,35). The summed E-state index contributed by atoms with van der Waals surface area (Å²) in [6.07, 6.45) is -6.93. The normalized spacial score (nSPS) is 13.1. The third-order valence-corrected chi connectivity index (χ3v) is 11.4. The monoisotopic (exact) mass is 622 g/mol. The van der Waals surface area contributed by atoms with Crippen LogP contribution in [0.15, 0.2) is 40.9 Å². The van der Waals surface area contributed by atoms with Gasteiger partial charge >= 0.3 is 18.2 Å². The summed E-state index contributed by atoms with van der Waals surface area (Å²) >= 11 is 3.22. The molecule has 0 bridgehead atoms. The minimum Gasteiger partial charge on any atom is -0.487 e. The van der Waals surface area contributed by atoms with Gasteiger partial charge in [0.15, 0.2) is 14.1 Å². The number of amides is 2. The van der Waals surface area contributed by atoms with Crippen molar-refractivity contribution in [1.82, 2.24) is 5.32 Å². The van der Waals surface area contributed by atoms with E-state index in [1.165, 1.54) is 6.07 Å². The fraction of sp³-hybridized carbons (Fsp3) is 0.440. The molecule has 38 heavy (non-hydrogen) atoms. The topological polar surface area (TPSA) is 96.9 Å². The van der Waals surface area contributed by atoms with Crippen LogP contribution in [0.5, 0.6) is 5.75 Å². The summed E-state index contributed by atoms with van der Waals surface area (Å²) in [6, 6.07) is 8.93. The van der Waals surface area contributed by atoms with Gasteiger partial charge in [-0.3, -0.25) is 4.79 Å². The predicted octanol–water partition coefficient (Wildman–Crippen LogP) is 6.87. The van der Waals surface area contributed by atoms with Gasteiger partial charge in [0, 0.05) is 10.0 Å². The molecule has 0 saturated carbocycles. The molecule has 0 radical (unpaired) electrons. The summed E-state index contributed by atoms with van der Waals surface area (Å²) in [7, 11) is -2.31. The quantitative estimate of drug-likeness (QED) is 0.198. The molecule has 0 aromatic heterocycles. The molecule has 0 fully saturated rings. The van der Waals surface area contributed by atoms with Crippen molar-refractivity contribution in [2.45, 2.75) is 64.1 Å². The van der Waals surface area contributed by atoms with Crippen LogP contribution in [0.4, 0.5) is 28.0 Å². The van der Waals surface area contributed by atoms with Crippen LogP contribution < -0.4 is 15.4 Å². The van der Waals surface area contributed by atoms with Gasteiger partial charge in [0.1, 0.15) is 18.0 Å². The highest BCUT2D eigenvalue weighted by atomic mass is 79.9. The number of alkyl halides is 3. The maximum absolute atomic E-state index is 15.7. The Labute approximate surface area is 228 Å². The van der Waals surface area contributed by atoms with E-state index in [2.05, 4.69) is 21.2 Å². The third-order valence-electron chi connectivity index (χ3n) is 6.24. The highest BCUT2D eigenvalue weighted by Crippen LogP contribution is 2.39. The van der Waals surface area contributed by atoms with Gasteiger partial charge in [-0.15, -0.1) is 0 Å². The van der Waals surface area contributed by atoms with Crippen molar-refractivity contribution in [3.8, 4) is 5.75 Å². The zero-order valence-electron chi connectivity index (χ0n) is 21.6. The van der Waals surface area contributed by atoms with Crippen LogP contribution in [-0.4, -0.2) is 44.2 Å². The second kappa shape index (κ2) is 12.5. The Balaban J connectivity index is 2.44. The number of benzene rings is 2. The van der Waals surface area contributed by atoms with Gasteiger partial charge in [-0.05, 0) is 36.2 Å². The van der Waals surface area contributed by atoms with Crippen LogP contribution in [0, 0.1) is 5.82 Å². The second-order valence-corrected chi connectivity index (χ2v) is 15.8. The van der Waals surface area contributed by atoms with Crippen LogP contribution >= 0.6 is 15.9 Å². The van der Waals surface area contributed by atoms with E-state index in [4.69, 9.17) is 9.16 Å². The first-order valence-corrected chi connectivity index (χ1v) is 15.3. The van der Waals surface area contributed by atoms with Crippen LogP contribution in [0.2, 0.25) is 18.1 Å². The van der Waals surface area contributed by atoms with E-state index in [1.807, 2.05) is 33.9 Å². The molecule has 210 valence electrons. The van der Waals surface area contributed by atoms with Crippen LogP contribution in [-0.2, 0) is 22.2 Å². The smallest absolute Gasteiger partial charge is 0.471 e. The van der Waals surface area contributed by atoms with Gasteiger partial charge in [-0.1, -0.05) is 67.0 Å². The number of carbonyl (C=O) groups excluding carboxylic acids is 1. The van der Waals surface area contributed by atoms with Gasteiger partial charge in [-0.2, -0.15) is 13.2 Å². The fourth-order valence-electron chi connectivity index (χ4n) is 3.07. The first-order chi connectivity index (χ1) is 17.4. The summed E-state index contributed by atoms with van der Waals surface area (Å²) in [5.41, 5.74) is -0.303. The van der Waals surface area contributed by atoms with Crippen molar-refractivity contribution >= 4 is 41.9 Å². The molecule has 2 aromatic carbocycles. The molecule has 2 aromatic rings. The fourth-order valence-corrected chi connectivity index (χ4v) is 4.67. The minimum absolute atomic E-state index is 0.0921. The Morgan fingerprint density at radius 3 is 2.26 bits per heavy atom. The Bertz CT molecular complexity index is 1140. The first kappa shape index (κ1) is 31.6. The molecule has 0 heterocycles. The molecule has 0 aliphatic carbocycles. The lowest BCUT2D eigenvalue weighted by molar-refractivity contribution is -0.167. The highest BCUT2D eigenvalue weighted by Gasteiger charge is 2.40. The summed E-state index contributed by atoms with van der Waals surface area (Å²) in [5.74, 6) is -3.90. The number of ether oxygens (including phenoxy) is 1. The van der Waals surface area contributed by atoms with Crippen molar-refractivity contribution in [3.63, 3.8) is 0 Å². The van der Waals surface area contributed by atoms with Crippen LogP contribution in [0.3, 0.4) is 0 Å². The lowest BCUT2D eigenvalue weighted by atomic mass is 10.0. The molecule has 0 aliphatic rings. The molecule has 0 spiro atoms. The summed E-state index contributed by atoms with van der Waals surface area (Å²) in [5, 5.41) is 13.0. The van der Waals surface area contributed by atoms with E-state index < -0.39 is 44.0 Å². The van der Waals surface area contributed by atoms with E-state index in [0.717, 1.165) is 0 Å². The molecule has 3 N–H and O–H groups in total. The summed E-state index contributed by atoms with van der Waals surface area (Å²) in [4.78, 5) is 23.1. The number of nitrogens with one attached hydrogen (secondary N) is 2. The number of carboxylic acid groups (broad SMARTS) is 1. The second-order valence-electron chi connectivity index (χ2n) is 10.2. The lowest BCUT2D eigenvalue weighted by Crippen LogP contribution is -2.46. The van der Waals surface area contributed by atoms with E-state index in [9.17, 15) is 27.9 Å². The molecule has 0 aliphatic heterocycles. The van der Waals surface area contributed by atoms with Crippen LogP contribution in [0.25, 0.3) is 0 Å². The summed E-state index contributed by atoms with van der Waals surface area (Å²) in [6.45, 7) is 9.72. The van der Waals surface area contributed by atoms with Gasteiger partial charge in [0.05, 0.1) is 12.6 Å². The van der Waals surface area contributed by atoms with Crippen molar-refractivity contribution < 1.29 is 41.4 Å². The molecule has 0 saturated heterocycles. The Hall–Kier alpha value is -2.64. The van der Waals surface area contributed by atoms with Crippen molar-refractivity contribution in [3.05, 3.63) is 57.8 Å². The maximum atomic E-state index is 15.7. The van der Waals surface area contributed by atoms with Gasteiger partial charge in [-0.25, -0.2) is 9.18 Å². The lowest BCUT2D eigenvalue weighted by Gasteiger charge is -2.37. The highest BCUT2D eigenvalue weighted by molar-refractivity contribution is 9.10. The van der Waals surface area contributed by atoms with E-state index in [-0.39, 0.29) is 40.5 Å². The first-order valence-electron chi connectivity index (χ1n) is 11.6. The minimum atomic E-state index is -5.28. The molecule has 1 unspecified atom stereocenters. The molecule has 2 rings (SSSR count). The zero-order valence-corrected chi connectivity index (χ0v) is 24.2. The number of carbonyl (C=O) groups is 2. The predicted molar refractivity (Wildman–Crippen MR) is 141 cm³/mol. The van der Waals surface area contributed by atoms with Crippen molar-refractivity contribution in [2.75, 3.05) is 11.9 Å². The third kappa shape index (κ3) is 8.70. The van der Waals surface area contributed by atoms with E-state index in [1.54, 1.807) is 35.6 Å².